The van der Waals surface area contributed by atoms with Crippen molar-refractivity contribution in [2.75, 3.05) is 40.4 Å². The van der Waals surface area contributed by atoms with Crippen LogP contribution in [0.25, 0.3) is 10.9 Å². The highest BCUT2D eigenvalue weighted by atomic mass is 19.4. The first-order valence-corrected chi connectivity index (χ1v) is 13.4. The zero-order chi connectivity index (χ0) is 31.0. The van der Waals surface area contributed by atoms with Crippen molar-refractivity contribution in [2.45, 2.75) is 52.1 Å². The molecular formula is C30H35F4N3O5. The zero-order valence-corrected chi connectivity index (χ0v) is 24.5. The number of methoxy groups -OCH3 is 2. The number of piperazine rings is 1. The van der Waals surface area contributed by atoms with Crippen LogP contribution in [0.2, 0.25) is 0 Å². The highest BCUT2D eigenvalue weighted by Crippen LogP contribution is 2.37. The molecule has 42 heavy (non-hydrogen) atoms. The van der Waals surface area contributed by atoms with Crippen molar-refractivity contribution in [2.24, 2.45) is 0 Å². The van der Waals surface area contributed by atoms with E-state index in [0.717, 1.165) is 23.6 Å². The summed E-state index contributed by atoms with van der Waals surface area (Å²) in [5.74, 6) is -1.12. The summed E-state index contributed by atoms with van der Waals surface area (Å²) in [5, 5.41) is 0.724. The van der Waals surface area contributed by atoms with Gasteiger partial charge in [-0.2, -0.15) is 13.2 Å². The molecule has 1 aliphatic rings. The fourth-order valence-electron chi connectivity index (χ4n) is 5.37. The lowest BCUT2D eigenvalue weighted by Crippen LogP contribution is -2.50. The standard InChI is InChI=1S/C30H35F4N3O5/c1-18-13-25(40-5)22(20-9-10-37(26(18)20)28(39)42-29(2,3)4)15-36-12-11-35(17-30(32,33)34)16-24(36)19-7-8-21(23(31)14-19)27(38)41-6/h7-10,13-14,24H,11-12,15-17H2,1-6H3. The number of esters is 1. The summed E-state index contributed by atoms with van der Waals surface area (Å²) in [6, 6.07) is 6.93. The summed E-state index contributed by atoms with van der Waals surface area (Å²) < 4.78 is 72.2. The van der Waals surface area contributed by atoms with Crippen molar-refractivity contribution in [3.63, 3.8) is 0 Å². The number of aromatic nitrogens is 1. The maximum atomic E-state index is 15.0. The van der Waals surface area contributed by atoms with Gasteiger partial charge in [-0.1, -0.05) is 6.07 Å². The van der Waals surface area contributed by atoms with E-state index in [1.165, 1.54) is 34.8 Å². The van der Waals surface area contributed by atoms with E-state index in [-0.39, 0.29) is 31.7 Å². The summed E-state index contributed by atoms with van der Waals surface area (Å²) in [6.07, 6.45) is -3.32. The molecule has 12 heteroatoms. The van der Waals surface area contributed by atoms with Crippen molar-refractivity contribution >= 4 is 23.0 Å². The first-order valence-electron chi connectivity index (χ1n) is 13.4. The van der Waals surface area contributed by atoms with Crippen LogP contribution in [0.4, 0.5) is 22.4 Å². The molecule has 1 unspecified atom stereocenters. The Morgan fingerprint density at radius 1 is 1.05 bits per heavy atom. The number of halogens is 4. The number of benzene rings is 2. The average molecular weight is 594 g/mol. The normalized spacial score (nSPS) is 17.0. The van der Waals surface area contributed by atoms with Crippen molar-refractivity contribution < 1.29 is 41.4 Å². The molecule has 0 bridgehead atoms. The lowest BCUT2D eigenvalue weighted by molar-refractivity contribution is -0.152. The van der Waals surface area contributed by atoms with E-state index in [1.54, 1.807) is 39.1 Å². The molecule has 228 valence electrons. The van der Waals surface area contributed by atoms with Crippen molar-refractivity contribution in [3.8, 4) is 5.75 Å². The van der Waals surface area contributed by atoms with Crippen molar-refractivity contribution in [3.05, 3.63) is 64.6 Å². The Morgan fingerprint density at radius 3 is 2.36 bits per heavy atom. The molecule has 0 radical (unpaired) electrons. The van der Waals surface area contributed by atoms with Crippen LogP contribution < -0.4 is 4.74 Å². The Morgan fingerprint density at radius 2 is 1.76 bits per heavy atom. The van der Waals surface area contributed by atoms with Crippen LogP contribution in [0.15, 0.2) is 36.5 Å². The smallest absolute Gasteiger partial charge is 0.419 e. The number of carbonyl (C=O) groups excluding carboxylic acids is 2. The van der Waals surface area contributed by atoms with Crippen LogP contribution in [-0.2, 0) is 16.0 Å². The van der Waals surface area contributed by atoms with E-state index < -0.39 is 42.2 Å². The largest absolute Gasteiger partial charge is 0.496 e. The van der Waals surface area contributed by atoms with Gasteiger partial charge in [0.15, 0.2) is 0 Å². The predicted molar refractivity (Wildman–Crippen MR) is 148 cm³/mol. The number of rotatable bonds is 6. The topological polar surface area (TPSA) is 73.2 Å². The van der Waals surface area contributed by atoms with E-state index in [4.69, 9.17) is 9.47 Å². The van der Waals surface area contributed by atoms with Crippen LogP contribution in [0, 0.1) is 12.7 Å². The van der Waals surface area contributed by atoms with Gasteiger partial charge in [-0.3, -0.25) is 14.4 Å². The van der Waals surface area contributed by atoms with Gasteiger partial charge in [-0.05, 0) is 63.1 Å². The Balaban J connectivity index is 1.76. The highest BCUT2D eigenvalue weighted by Gasteiger charge is 2.37. The van der Waals surface area contributed by atoms with Gasteiger partial charge in [0, 0.05) is 49.4 Å². The third-order valence-electron chi connectivity index (χ3n) is 7.16. The molecule has 1 atom stereocenters. The molecule has 8 nitrogen and oxygen atoms in total. The minimum atomic E-state index is -4.40. The van der Waals surface area contributed by atoms with E-state index in [2.05, 4.69) is 4.74 Å². The molecule has 1 aliphatic heterocycles. The third kappa shape index (κ3) is 6.87. The van der Waals surface area contributed by atoms with Gasteiger partial charge in [0.25, 0.3) is 0 Å². The first kappa shape index (κ1) is 31.3. The number of ether oxygens (including phenoxy) is 3. The fourth-order valence-corrected chi connectivity index (χ4v) is 5.37. The molecule has 1 fully saturated rings. The number of nitrogens with zero attached hydrogens (tertiary/aromatic N) is 3. The van der Waals surface area contributed by atoms with Crippen LogP contribution in [0.1, 0.15) is 53.9 Å². The quantitative estimate of drug-likeness (QED) is 0.253. The summed E-state index contributed by atoms with van der Waals surface area (Å²) in [5.41, 5.74) is 1.57. The number of fused-ring (bicyclic) bond motifs is 1. The summed E-state index contributed by atoms with van der Waals surface area (Å²) in [6.45, 7) is 6.67. The van der Waals surface area contributed by atoms with Crippen LogP contribution in [0.5, 0.6) is 5.75 Å². The molecule has 2 aromatic carbocycles. The molecule has 0 N–H and O–H groups in total. The SMILES string of the molecule is COC(=O)c1ccc(C2CN(CC(F)(F)F)CCN2Cc2c(OC)cc(C)c3c2ccn3C(=O)OC(C)(C)C)cc1F. The first-order chi connectivity index (χ1) is 19.6. The number of hydrogen-bond acceptors (Lipinski definition) is 7. The summed E-state index contributed by atoms with van der Waals surface area (Å²) in [7, 11) is 2.66. The second kappa shape index (κ2) is 11.9. The molecule has 0 spiro atoms. The van der Waals surface area contributed by atoms with Crippen molar-refractivity contribution in [1.82, 2.24) is 14.4 Å². The average Bonchev–Trinajstić information content (AvgIpc) is 3.35. The van der Waals surface area contributed by atoms with E-state index in [0.29, 0.717) is 16.8 Å². The van der Waals surface area contributed by atoms with Crippen LogP contribution in [-0.4, -0.2) is 78.6 Å². The lowest BCUT2D eigenvalue weighted by atomic mass is 9.98. The predicted octanol–water partition coefficient (Wildman–Crippen LogP) is 6.09. The highest BCUT2D eigenvalue weighted by molar-refractivity contribution is 5.95. The number of aryl methyl sites for hydroxylation is 1. The zero-order valence-electron chi connectivity index (χ0n) is 24.5. The molecule has 1 saturated heterocycles. The van der Waals surface area contributed by atoms with Gasteiger partial charge in [-0.25, -0.2) is 14.0 Å². The molecule has 3 aromatic rings. The maximum absolute atomic E-state index is 15.0. The molecule has 1 aromatic heterocycles. The Labute approximate surface area is 241 Å². The second-order valence-corrected chi connectivity index (χ2v) is 11.4. The number of carbonyl (C=O) groups is 2. The third-order valence-corrected chi connectivity index (χ3v) is 7.16. The minimum absolute atomic E-state index is 0.0211. The Bertz CT molecular complexity index is 1480. The fraction of sp³-hybridized carbons (Fsp3) is 0.467. The van der Waals surface area contributed by atoms with Gasteiger partial charge in [0.05, 0.1) is 31.8 Å². The van der Waals surface area contributed by atoms with Crippen LogP contribution in [0.3, 0.4) is 0 Å². The van der Waals surface area contributed by atoms with Gasteiger partial charge in [0.2, 0.25) is 0 Å². The van der Waals surface area contributed by atoms with E-state index >= 15 is 0 Å². The van der Waals surface area contributed by atoms with Gasteiger partial charge in [0.1, 0.15) is 17.2 Å². The minimum Gasteiger partial charge on any atom is -0.496 e. The Kier molecular flexibility index (Phi) is 8.89. The Hall–Kier alpha value is -3.64. The van der Waals surface area contributed by atoms with Gasteiger partial charge in [-0.15, -0.1) is 0 Å². The molecule has 4 rings (SSSR count). The summed E-state index contributed by atoms with van der Waals surface area (Å²) in [4.78, 5) is 28.2. The molecule has 0 saturated carbocycles. The van der Waals surface area contributed by atoms with E-state index in [9.17, 15) is 27.2 Å². The van der Waals surface area contributed by atoms with E-state index in [1.807, 2.05) is 11.8 Å². The lowest BCUT2D eigenvalue weighted by Gasteiger charge is -2.42. The maximum Gasteiger partial charge on any atom is 0.419 e. The molecule has 2 heterocycles. The molecular weight excluding hydrogens is 558 g/mol. The van der Waals surface area contributed by atoms with Gasteiger partial charge < -0.3 is 14.2 Å². The monoisotopic (exact) mass is 593 g/mol. The van der Waals surface area contributed by atoms with Gasteiger partial charge >= 0.3 is 18.2 Å². The second-order valence-electron chi connectivity index (χ2n) is 11.4. The summed E-state index contributed by atoms with van der Waals surface area (Å²) >= 11 is 0. The van der Waals surface area contributed by atoms with Crippen molar-refractivity contribution in [1.29, 1.82) is 0 Å². The molecule has 0 aliphatic carbocycles. The number of hydrogen-bond donors (Lipinski definition) is 0. The molecule has 0 amide bonds. The van der Waals surface area contributed by atoms with Crippen LogP contribution >= 0.6 is 0 Å². The number of alkyl halides is 3.